The minimum atomic E-state index is -0.100. The topological polar surface area (TPSA) is 37.3 Å². The lowest BCUT2D eigenvalue weighted by Crippen LogP contribution is -2.54. The summed E-state index contributed by atoms with van der Waals surface area (Å²) >= 11 is 0. The van der Waals surface area contributed by atoms with Crippen LogP contribution >= 0.6 is 0 Å². The molecule has 0 heterocycles. The van der Waals surface area contributed by atoms with Gasteiger partial charge in [-0.3, -0.25) is 4.79 Å². The third-order valence-corrected chi connectivity index (χ3v) is 8.76. The Morgan fingerprint density at radius 3 is 2.59 bits per heavy atom. The lowest BCUT2D eigenvalue weighted by Gasteiger charge is -2.60. The number of aliphatic hydroxyl groups excluding tert-OH is 1. The summed E-state index contributed by atoms with van der Waals surface area (Å²) in [5.74, 6) is 3.93. The number of hydrogen-bond donors (Lipinski definition) is 1. The molecule has 4 fully saturated rings. The normalized spacial score (nSPS) is 57.9. The Morgan fingerprint density at radius 2 is 1.82 bits per heavy atom. The van der Waals surface area contributed by atoms with Crippen molar-refractivity contribution in [3.8, 4) is 0 Å². The van der Waals surface area contributed by atoms with E-state index in [2.05, 4.69) is 20.8 Å². The summed E-state index contributed by atoms with van der Waals surface area (Å²) < 4.78 is 0. The maximum absolute atomic E-state index is 11.9. The van der Waals surface area contributed by atoms with Crippen molar-refractivity contribution in [1.82, 2.24) is 0 Å². The molecular weight excluding hydrogens is 272 g/mol. The third kappa shape index (κ3) is 1.85. The van der Waals surface area contributed by atoms with Crippen LogP contribution in [0.3, 0.4) is 0 Å². The van der Waals surface area contributed by atoms with E-state index in [0.717, 1.165) is 31.1 Å². The van der Waals surface area contributed by atoms with E-state index in [-0.39, 0.29) is 11.5 Å². The van der Waals surface area contributed by atoms with Gasteiger partial charge >= 0.3 is 0 Å². The molecule has 0 aromatic heterocycles. The van der Waals surface area contributed by atoms with Crippen LogP contribution in [0.2, 0.25) is 0 Å². The molecule has 4 rings (SSSR count). The minimum absolute atomic E-state index is 0.100. The molecule has 2 heteroatoms. The SMILES string of the molecule is C[C@@H]1CC2C3CC[C@H]4CC(=O)CC[C@]4(C)C3CC[C@]2(C)[C@H]1O. The van der Waals surface area contributed by atoms with Crippen molar-refractivity contribution in [2.24, 2.45) is 40.4 Å². The average molecular weight is 304 g/mol. The highest BCUT2D eigenvalue weighted by atomic mass is 16.3. The Morgan fingerprint density at radius 1 is 1.05 bits per heavy atom. The molecule has 8 atom stereocenters. The summed E-state index contributed by atoms with van der Waals surface area (Å²) in [6.07, 6.45) is 8.94. The molecule has 4 aliphatic carbocycles. The molecule has 0 aliphatic heterocycles. The fourth-order valence-electron chi connectivity index (χ4n) is 7.38. The van der Waals surface area contributed by atoms with Crippen LogP contribution in [-0.2, 0) is 4.79 Å². The Balaban J connectivity index is 1.64. The molecule has 4 aliphatic rings. The Labute approximate surface area is 135 Å². The molecule has 1 N–H and O–H groups in total. The van der Waals surface area contributed by atoms with Gasteiger partial charge in [-0.25, -0.2) is 0 Å². The highest BCUT2D eigenvalue weighted by Crippen LogP contribution is 2.66. The Kier molecular flexibility index (Phi) is 3.32. The van der Waals surface area contributed by atoms with Gasteiger partial charge in [0.2, 0.25) is 0 Å². The van der Waals surface area contributed by atoms with Crippen molar-refractivity contribution in [2.75, 3.05) is 0 Å². The first-order valence-electron chi connectivity index (χ1n) is 9.56. The van der Waals surface area contributed by atoms with Gasteiger partial charge in [-0.05, 0) is 78.9 Å². The molecule has 0 radical (unpaired) electrons. The van der Waals surface area contributed by atoms with Crippen LogP contribution in [0.4, 0.5) is 0 Å². The van der Waals surface area contributed by atoms with Gasteiger partial charge < -0.3 is 5.11 Å². The summed E-state index contributed by atoms with van der Waals surface area (Å²) in [7, 11) is 0. The van der Waals surface area contributed by atoms with E-state index < -0.39 is 0 Å². The van der Waals surface area contributed by atoms with Gasteiger partial charge in [-0.1, -0.05) is 20.8 Å². The largest absolute Gasteiger partial charge is 0.392 e. The van der Waals surface area contributed by atoms with Gasteiger partial charge in [0.05, 0.1) is 6.10 Å². The first-order chi connectivity index (χ1) is 10.4. The van der Waals surface area contributed by atoms with Crippen molar-refractivity contribution in [3.05, 3.63) is 0 Å². The first kappa shape index (κ1) is 15.2. The third-order valence-electron chi connectivity index (χ3n) is 8.76. The molecule has 0 amide bonds. The average Bonchev–Trinajstić information content (AvgIpc) is 2.72. The maximum Gasteiger partial charge on any atom is 0.133 e. The second-order valence-electron chi connectivity index (χ2n) is 9.60. The van der Waals surface area contributed by atoms with Gasteiger partial charge in [0.25, 0.3) is 0 Å². The summed E-state index contributed by atoms with van der Waals surface area (Å²) in [6.45, 7) is 7.11. The second-order valence-corrected chi connectivity index (χ2v) is 9.60. The Hall–Kier alpha value is -0.370. The van der Waals surface area contributed by atoms with Gasteiger partial charge in [0.1, 0.15) is 5.78 Å². The highest BCUT2D eigenvalue weighted by molar-refractivity contribution is 5.79. The van der Waals surface area contributed by atoms with Gasteiger partial charge in [-0.15, -0.1) is 0 Å². The van der Waals surface area contributed by atoms with Crippen LogP contribution in [0.25, 0.3) is 0 Å². The quantitative estimate of drug-likeness (QED) is 0.728. The minimum Gasteiger partial charge on any atom is -0.392 e. The predicted octanol–water partition coefficient (Wildman–Crippen LogP) is 4.21. The van der Waals surface area contributed by atoms with Crippen LogP contribution in [0.5, 0.6) is 0 Å². The first-order valence-corrected chi connectivity index (χ1v) is 9.56. The number of carbonyl (C=O) groups is 1. The van der Waals surface area contributed by atoms with Crippen molar-refractivity contribution < 1.29 is 9.90 Å². The molecule has 0 bridgehead atoms. The zero-order valence-electron chi connectivity index (χ0n) is 14.5. The summed E-state index contributed by atoms with van der Waals surface area (Å²) in [4.78, 5) is 11.9. The van der Waals surface area contributed by atoms with Crippen molar-refractivity contribution in [3.63, 3.8) is 0 Å². The number of ketones is 1. The number of hydrogen-bond acceptors (Lipinski definition) is 2. The van der Waals surface area contributed by atoms with E-state index >= 15 is 0 Å². The zero-order valence-corrected chi connectivity index (χ0v) is 14.5. The van der Waals surface area contributed by atoms with Crippen LogP contribution < -0.4 is 0 Å². The van der Waals surface area contributed by atoms with E-state index in [1.165, 1.54) is 32.1 Å². The van der Waals surface area contributed by atoms with E-state index in [4.69, 9.17) is 0 Å². The van der Waals surface area contributed by atoms with E-state index in [1.54, 1.807) is 0 Å². The van der Waals surface area contributed by atoms with Crippen LogP contribution in [0, 0.1) is 40.4 Å². The standard InChI is InChI=1S/C20H32O2/c1-12-10-17-15-5-4-13-11-14(21)6-8-19(13,2)16(15)7-9-20(17,3)18(12)22/h12-13,15-18,22H,4-11H2,1-3H3/t12-,13+,15?,16?,17?,18+,19+,20+/m1/s1. The molecule has 22 heavy (non-hydrogen) atoms. The van der Waals surface area contributed by atoms with E-state index in [9.17, 15) is 9.90 Å². The highest BCUT2D eigenvalue weighted by Gasteiger charge is 2.61. The molecule has 0 saturated heterocycles. The number of rotatable bonds is 0. The molecule has 0 aromatic carbocycles. The maximum atomic E-state index is 11.9. The van der Waals surface area contributed by atoms with Gasteiger partial charge in [0.15, 0.2) is 0 Å². The fourth-order valence-corrected chi connectivity index (χ4v) is 7.38. The summed E-state index contributed by atoms with van der Waals surface area (Å²) in [6, 6.07) is 0. The Bertz CT molecular complexity index is 486. The second kappa shape index (κ2) is 4.82. The molecule has 0 aromatic rings. The number of fused-ring (bicyclic) bond motifs is 5. The van der Waals surface area contributed by atoms with Crippen molar-refractivity contribution in [2.45, 2.75) is 78.2 Å². The molecule has 0 spiro atoms. The van der Waals surface area contributed by atoms with Crippen LogP contribution in [-0.4, -0.2) is 17.0 Å². The lowest BCUT2D eigenvalue weighted by atomic mass is 9.45. The lowest BCUT2D eigenvalue weighted by molar-refractivity contribution is -0.142. The smallest absolute Gasteiger partial charge is 0.133 e. The fraction of sp³-hybridized carbons (Fsp3) is 0.950. The van der Waals surface area contributed by atoms with E-state index in [1.807, 2.05) is 0 Å². The van der Waals surface area contributed by atoms with Crippen LogP contribution in [0.15, 0.2) is 0 Å². The van der Waals surface area contributed by atoms with Crippen molar-refractivity contribution in [1.29, 1.82) is 0 Å². The molecule has 2 nitrogen and oxygen atoms in total. The van der Waals surface area contributed by atoms with Gasteiger partial charge in [0, 0.05) is 12.8 Å². The van der Waals surface area contributed by atoms with Crippen LogP contribution in [0.1, 0.15) is 72.1 Å². The molecule has 124 valence electrons. The summed E-state index contributed by atoms with van der Waals surface area (Å²) in [5, 5.41) is 10.7. The predicted molar refractivity (Wildman–Crippen MR) is 87.3 cm³/mol. The zero-order chi connectivity index (χ0) is 15.7. The number of aliphatic hydroxyl groups is 1. The molecular formula is C20H32O2. The monoisotopic (exact) mass is 304 g/mol. The van der Waals surface area contributed by atoms with E-state index in [0.29, 0.717) is 29.0 Å². The molecule has 3 unspecified atom stereocenters. The number of Topliss-reactive ketones (excluding diaryl/α,β-unsaturated/α-hetero) is 1. The van der Waals surface area contributed by atoms with Crippen molar-refractivity contribution >= 4 is 5.78 Å². The van der Waals surface area contributed by atoms with Gasteiger partial charge in [-0.2, -0.15) is 0 Å². The number of carbonyl (C=O) groups excluding carboxylic acids is 1. The summed E-state index contributed by atoms with van der Waals surface area (Å²) in [5.41, 5.74) is 0.559. The molecule has 4 saturated carbocycles.